The molecule has 2 aromatic heterocycles. The minimum atomic E-state index is -0.253. The highest BCUT2D eigenvalue weighted by Gasteiger charge is 2.17. The summed E-state index contributed by atoms with van der Waals surface area (Å²) in [4.78, 5) is 19.4. The van der Waals surface area contributed by atoms with E-state index in [1.54, 1.807) is 17.2 Å². The van der Waals surface area contributed by atoms with Crippen molar-refractivity contribution in [2.75, 3.05) is 6.54 Å². The van der Waals surface area contributed by atoms with Crippen LogP contribution in [0.4, 0.5) is 4.39 Å². The fourth-order valence-corrected chi connectivity index (χ4v) is 3.21. The van der Waals surface area contributed by atoms with E-state index in [-0.39, 0.29) is 11.7 Å². The van der Waals surface area contributed by atoms with Gasteiger partial charge in [0, 0.05) is 25.5 Å². The number of hydrogen-bond donors (Lipinski definition) is 0. The molecule has 0 N–H and O–H groups in total. The minimum absolute atomic E-state index is 0.00723. The summed E-state index contributed by atoms with van der Waals surface area (Å²) in [5.41, 5.74) is 0.863. The van der Waals surface area contributed by atoms with Gasteiger partial charge in [0.15, 0.2) is 0 Å². The Morgan fingerprint density at radius 1 is 1.33 bits per heavy atom. The van der Waals surface area contributed by atoms with Gasteiger partial charge in [-0.15, -0.1) is 11.3 Å². The number of amides is 1. The highest BCUT2D eigenvalue weighted by molar-refractivity contribution is 7.12. The van der Waals surface area contributed by atoms with E-state index in [1.165, 1.54) is 23.5 Å². The van der Waals surface area contributed by atoms with Gasteiger partial charge in [0.1, 0.15) is 11.6 Å². The Labute approximate surface area is 144 Å². The zero-order valence-corrected chi connectivity index (χ0v) is 14.2. The number of carbonyl (C=O) groups is 1. The first-order chi connectivity index (χ1) is 11.7. The molecule has 24 heavy (non-hydrogen) atoms. The third-order valence-corrected chi connectivity index (χ3v) is 4.63. The van der Waals surface area contributed by atoms with E-state index in [9.17, 15) is 9.18 Å². The number of thiophene rings is 1. The summed E-state index contributed by atoms with van der Waals surface area (Å²) in [5, 5.41) is 1.89. The highest BCUT2D eigenvalue weighted by Crippen LogP contribution is 2.15. The van der Waals surface area contributed by atoms with Crippen LogP contribution in [0.3, 0.4) is 0 Å². The Bertz CT molecular complexity index is 813. The summed E-state index contributed by atoms with van der Waals surface area (Å²) >= 11 is 1.44. The van der Waals surface area contributed by atoms with Crippen LogP contribution in [-0.4, -0.2) is 26.9 Å². The lowest BCUT2D eigenvalue weighted by Gasteiger charge is -2.20. The van der Waals surface area contributed by atoms with Gasteiger partial charge in [-0.1, -0.05) is 18.2 Å². The Morgan fingerprint density at radius 3 is 2.92 bits per heavy atom. The molecule has 3 rings (SSSR count). The van der Waals surface area contributed by atoms with Crippen LogP contribution in [0, 0.1) is 5.82 Å². The Balaban J connectivity index is 1.75. The lowest BCUT2D eigenvalue weighted by Crippen LogP contribution is -2.31. The quantitative estimate of drug-likeness (QED) is 0.683. The molecule has 0 bridgehead atoms. The predicted octanol–water partition coefficient (Wildman–Crippen LogP) is 3.79. The van der Waals surface area contributed by atoms with Gasteiger partial charge in [0.05, 0.1) is 11.4 Å². The van der Waals surface area contributed by atoms with Crippen LogP contribution in [0.15, 0.2) is 54.2 Å². The van der Waals surface area contributed by atoms with Gasteiger partial charge < -0.3 is 9.47 Å². The Kier molecular flexibility index (Phi) is 5.05. The number of imidazole rings is 1. The largest absolute Gasteiger partial charge is 0.331 e. The molecule has 0 saturated carbocycles. The van der Waals surface area contributed by atoms with Gasteiger partial charge in [-0.2, -0.15) is 0 Å². The van der Waals surface area contributed by atoms with Gasteiger partial charge in [0.2, 0.25) is 0 Å². The topological polar surface area (TPSA) is 38.1 Å². The van der Waals surface area contributed by atoms with E-state index >= 15 is 0 Å². The molecule has 0 aliphatic rings. The van der Waals surface area contributed by atoms with Gasteiger partial charge >= 0.3 is 0 Å². The molecule has 0 aliphatic carbocycles. The summed E-state index contributed by atoms with van der Waals surface area (Å²) in [6.45, 7) is 3.50. The van der Waals surface area contributed by atoms with Crippen LogP contribution < -0.4 is 0 Å². The zero-order chi connectivity index (χ0) is 16.9. The standard InChI is InChI=1S/C18H18FN3OS/c1-2-21(18(23)16-7-4-10-24-16)13-17-20-8-9-22(17)12-14-5-3-6-15(19)11-14/h3-11H,2,12-13H2,1H3. The molecule has 4 nitrogen and oxygen atoms in total. The lowest BCUT2D eigenvalue weighted by atomic mass is 10.2. The van der Waals surface area contributed by atoms with Crippen molar-refractivity contribution in [2.24, 2.45) is 0 Å². The van der Waals surface area contributed by atoms with Crippen molar-refractivity contribution in [1.82, 2.24) is 14.5 Å². The van der Waals surface area contributed by atoms with Crippen molar-refractivity contribution >= 4 is 17.2 Å². The number of nitrogens with zero attached hydrogens (tertiary/aromatic N) is 3. The van der Waals surface area contributed by atoms with Crippen molar-refractivity contribution in [3.05, 3.63) is 76.3 Å². The third-order valence-electron chi connectivity index (χ3n) is 3.78. The second kappa shape index (κ2) is 7.40. The van der Waals surface area contributed by atoms with E-state index in [0.717, 1.165) is 16.3 Å². The van der Waals surface area contributed by atoms with Crippen molar-refractivity contribution in [2.45, 2.75) is 20.0 Å². The average Bonchev–Trinajstić information content (AvgIpc) is 3.24. The summed E-state index contributed by atoms with van der Waals surface area (Å²) in [7, 11) is 0. The molecule has 0 radical (unpaired) electrons. The first-order valence-electron chi connectivity index (χ1n) is 7.74. The maximum Gasteiger partial charge on any atom is 0.264 e. The SMILES string of the molecule is CCN(Cc1nccn1Cc1cccc(F)c1)C(=O)c1cccs1. The minimum Gasteiger partial charge on any atom is -0.331 e. The molecular weight excluding hydrogens is 325 g/mol. The van der Waals surface area contributed by atoms with Crippen LogP contribution in [0.5, 0.6) is 0 Å². The molecule has 1 amide bonds. The average molecular weight is 343 g/mol. The van der Waals surface area contributed by atoms with Gasteiger partial charge in [-0.25, -0.2) is 9.37 Å². The number of halogens is 1. The van der Waals surface area contributed by atoms with Gasteiger partial charge in [0.25, 0.3) is 5.91 Å². The second-order valence-corrected chi connectivity index (χ2v) is 6.35. The molecule has 0 aliphatic heterocycles. The molecule has 0 fully saturated rings. The fourth-order valence-electron chi connectivity index (χ4n) is 2.52. The van der Waals surface area contributed by atoms with Crippen LogP contribution in [0.1, 0.15) is 28.0 Å². The Hall–Kier alpha value is -2.47. The maximum absolute atomic E-state index is 13.3. The second-order valence-electron chi connectivity index (χ2n) is 5.40. The van der Waals surface area contributed by atoms with Crippen molar-refractivity contribution in [3.63, 3.8) is 0 Å². The molecule has 1 aromatic carbocycles. The molecule has 0 saturated heterocycles. The fraction of sp³-hybridized carbons (Fsp3) is 0.222. The number of rotatable bonds is 6. The molecule has 3 aromatic rings. The molecule has 0 atom stereocenters. The molecule has 2 heterocycles. The number of aromatic nitrogens is 2. The van der Waals surface area contributed by atoms with E-state index in [0.29, 0.717) is 19.6 Å². The predicted molar refractivity (Wildman–Crippen MR) is 92.5 cm³/mol. The highest BCUT2D eigenvalue weighted by atomic mass is 32.1. The first-order valence-corrected chi connectivity index (χ1v) is 8.62. The summed E-state index contributed by atoms with van der Waals surface area (Å²) in [6.07, 6.45) is 3.56. The molecule has 0 spiro atoms. The van der Waals surface area contributed by atoms with Crippen LogP contribution in [-0.2, 0) is 13.1 Å². The van der Waals surface area contributed by atoms with Crippen molar-refractivity contribution in [1.29, 1.82) is 0 Å². The third kappa shape index (κ3) is 3.71. The van der Waals surface area contributed by atoms with Gasteiger partial charge in [-0.05, 0) is 36.1 Å². The molecule has 0 unspecified atom stereocenters. The monoisotopic (exact) mass is 343 g/mol. The van der Waals surface area contributed by atoms with Crippen LogP contribution >= 0.6 is 11.3 Å². The smallest absolute Gasteiger partial charge is 0.264 e. The summed E-state index contributed by atoms with van der Waals surface area (Å²) < 4.78 is 15.3. The van der Waals surface area contributed by atoms with E-state index < -0.39 is 0 Å². The zero-order valence-electron chi connectivity index (χ0n) is 13.4. The summed E-state index contributed by atoms with van der Waals surface area (Å²) in [5.74, 6) is 0.538. The van der Waals surface area contributed by atoms with Crippen molar-refractivity contribution in [3.8, 4) is 0 Å². The van der Waals surface area contributed by atoms with Crippen molar-refractivity contribution < 1.29 is 9.18 Å². The molecule has 6 heteroatoms. The van der Waals surface area contributed by atoms with E-state index in [1.807, 2.05) is 41.3 Å². The lowest BCUT2D eigenvalue weighted by molar-refractivity contribution is 0.0752. The number of benzene rings is 1. The number of carbonyl (C=O) groups excluding carboxylic acids is 1. The summed E-state index contributed by atoms with van der Waals surface area (Å²) in [6, 6.07) is 10.2. The first kappa shape index (κ1) is 16.4. The van der Waals surface area contributed by atoms with Gasteiger partial charge in [-0.3, -0.25) is 4.79 Å². The van der Waals surface area contributed by atoms with E-state index in [2.05, 4.69) is 4.98 Å². The van der Waals surface area contributed by atoms with E-state index in [4.69, 9.17) is 0 Å². The maximum atomic E-state index is 13.3. The Morgan fingerprint density at radius 2 is 2.21 bits per heavy atom. The molecular formula is C18H18FN3OS. The normalized spacial score (nSPS) is 10.8. The number of hydrogen-bond acceptors (Lipinski definition) is 3. The van der Waals surface area contributed by atoms with Crippen LogP contribution in [0.25, 0.3) is 0 Å². The van der Waals surface area contributed by atoms with Crippen LogP contribution in [0.2, 0.25) is 0 Å². The molecule has 124 valence electrons.